The van der Waals surface area contributed by atoms with Gasteiger partial charge in [0.05, 0.1) is 0 Å². The smallest absolute Gasteiger partial charge is 0.119 e. The quantitative estimate of drug-likeness (QED) is 0.706. The summed E-state index contributed by atoms with van der Waals surface area (Å²) in [6.45, 7) is 6.30. The topological polar surface area (TPSA) is 9.23 Å². The van der Waals surface area contributed by atoms with Crippen LogP contribution in [0.4, 0.5) is 0 Å². The van der Waals surface area contributed by atoms with Crippen molar-refractivity contribution in [3.63, 3.8) is 0 Å². The molecule has 0 saturated carbocycles. The van der Waals surface area contributed by atoms with E-state index in [1.165, 1.54) is 16.7 Å². The van der Waals surface area contributed by atoms with Crippen molar-refractivity contribution in [3.8, 4) is 16.9 Å². The fourth-order valence-electron chi connectivity index (χ4n) is 1.78. The maximum Gasteiger partial charge on any atom is 0.119 e. The zero-order valence-corrected chi connectivity index (χ0v) is 10.0. The maximum absolute atomic E-state index is 5.46. The first-order valence-electron chi connectivity index (χ1n) is 5.71. The van der Waals surface area contributed by atoms with E-state index in [0.29, 0.717) is 6.61 Å². The van der Waals surface area contributed by atoms with E-state index in [1.54, 1.807) is 6.08 Å². The first kappa shape index (κ1) is 11.5. The molecule has 0 atom stereocenters. The van der Waals surface area contributed by atoms with Gasteiger partial charge < -0.3 is 4.74 Å². The maximum atomic E-state index is 5.46. The van der Waals surface area contributed by atoms with Crippen molar-refractivity contribution in [2.45, 2.75) is 6.92 Å². The second-order valence-electron chi connectivity index (χ2n) is 3.94. The molecule has 1 heteroatoms. The molecular formula is C16H16O. The van der Waals surface area contributed by atoms with Crippen molar-refractivity contribution in [1.29, 1.82) is 0 Å². The molecule has 17 heavy (non-hydrogen) atoms. The summed E-state index contributed by atoms with van der Waals surface area (Å²) >= 11 is 0. The number of hydrogen-bond acceptors (Lipinski definition) is 1. The summed E-state index contributed by atoms with van der Waals surface area (Å²) in [4.78, 5) is 0. The average molecular weight is 224 g/mol. The van der Waals surface area contributed by atoms with Gasteiger partial charge in [-0.15, -0.1) is 0 Å². The number of aryl methyl sites for hydroxylation is 1. The fourth-order valence-corrected chi connectivity index (χ4v) is 1.78. The van der Waals surface area contributed by atoms with Gasteiger partial charge in [0.1, 0.15) is 12.4 Å². The lowest BCUT2D eigenvalue weighted by molar-refractivity contribution is 0.363. The molecule has 0 N–H and O–H groups in total. The van der Waals surface area contributed by atoms with Crippen LogP contribution in [0.25, 0.3) is 11.1 Å². The Morgan fingerprint density at radius 2 is 1.76 bits per heavy atom. The van der Waals surface area contributed by atoms with Crippen LogP contribution in [0, 0.1) is 6.92 Å². The molecule has 0 bridgehead atoms. The molecule has 2 rings (SSSR count). The number of hydrogen-bond donors (Lipinski definition) is 0. The Labute approximate surface area is 102 Å². The molecule has 0 heterocycles. The molecular weight excluding hydrogens is 208 g/mol. The van der Waals surface area contributed by atoms with Crippen LogP contribution in [0.3, 0.4) is 0 Å². The molecule has 0 aliphatic heterocycles. The summed E-state index contributed by atoms with van der Waals surface area (Å²) in [6.07, 6.45) is 1.75. The van der Waals surface area contributed by atoms with Crippen molar-refractivity contribution < 1.29 is 4.74 Å². The standard InChI is InChI=1S/C16H16O/c1-3-12-17-15-10-8-14(9-11-15)16-7-5-4-6-13(16)2/h3-11H,1,12H2,2H3. The predicted octanol–water partition coefficient (Wildman–Crippen LogP) is 4.23. The van der Waals surface area contributed by atoms with Gasteiger partial charge in [0, 0.05) is 0 Å². The van der Waals surface area contributed by atoms with E-state index >= 15 is 0 Å². The molecule has 2 aromatic carbocycles. The minimum atomic E-state index is 0.545. The fraction of sp³-hybridized carbons (Fsp3) is 0.125. The van der Waals surface area contributed by atoms with Gasteiger partial charge in [0.15, 0.2) is 0 Å². The Bertz CT molecular complexity index is 497. The Morgan fingerprint density at radius 1 is 1.06 bits per heavy atom. The lowest BCUT2D eigenvalue weighted by Crippen LogP contribution is -1.92. The van der Waals surface area contributed by atoms with Gasteiger partial charge >= 0.3 is 0 Å². The highest BCUT2D eigenvalue weighted by Crippen LogP contribution is 2.25. The molecule has 0 saturated heterocycles. The molecule has 0 aliphatic carbocycles. The van der Waals surface area contributed by atoms with E-state index in [1.807, 2.05) is 12.1 Å². The summed E-state index contributed by atoms with van der Waals surface area (Å²) in [7, 11) is 0. The van der Waals surface area contributed by atoms with E-state index < -0.39 is 0 Å². The third-order valence-electron chi connectivity index (χ3n) is 2.68. The summed E-state index contributed by atoms with van der Waals surface area (Å²) in [5.41, 5.74) is 3.77. The normalized spacial score (nSPS) is 9.94. The minimum absolute atomic E-state index is 0.545. The largest absolute Gasteiger partial charge is 0.490 e. The van der Waals surface area contributed by atoms with Crippen molar-refractivity contribution >= 4 is 0 Å². The molecule has 0 aliphatic rings. The van der Waals surface area contributed by atoms with Gasteiger partial charge in [-0.3, -0.25) is 0 Å². The highest BCUT2D eigenvalue weighted by molar-refractivity contribution is 5.67. The van der Waals surface area contributed by atoms with E-state index in [-0.39, 0.29) is 0 Å². The van der Waals surface area contributed by atoms with E-state index in [2.05, 4.69) is 49.9 Å². The average Bonchev–Trinajstić information content (AvgIpc) is 2.38. The highest BCUT2D eigenvalue weighted by atomic mass is 16.5. The van der Waals surface area contributed by atoms with Gasteiger partial charge in [0.25, 0.3) is 0 Å². The van der Waals surface area contributed by atoms with E-state index in [9.17, 15) is 0 Å². The summed E-state index contributed by atoms with van der Waals surface area (Å²) in [6, 6.07) is 16.5. The van der Waals surface area contributed by atoms with Crippen LogP contribution in [0.2, 0.25) is 0 Å². The molecule has 2 aromatic rings. The van der Waals surface area contributed by atoms with Crippen molar-refractivity contribution in [1.82, 2.24) is 0 Å². The molecule has 0 radical (unpaired) electrons. The number of ether oxygens (including phenoxy) is 1. The predicted molar refractivity (Wildman–Crippen MR) is 72.3 cm³/mol. The van der Waals surface area contributed by atoms with Crippen LogP contribution >= 0.6 is 0 Å². The van der Waals surface area contributed by atoms with E-state index in [4.69, 9.17) is 4.74 Å². The molecule has 0 amide bonds. The summed E-state index contributed by atoms with van der Waals surface area (Å²) < 4.78 is 5.46. The van der Waals surface area contributed by atoms with Gasteiger partial charge in [-0.05, 0) is 35.7 Å². The summed E-state index contributed by atoms with van der Waals surface area (Å²) in [5, 5.41) is 0. The van der Waals surface area contributed by atoms with Crippen molar-refractivity contribution in [3.05, 3.63) is 66.7 Å². The zero-order chi connectivity index (χ0) is 12.1. The number of benzene rings is 2. The monoisotopic (exact) mass is 224 g/mol. The SMILES string of the molecule is C=CCOc1ccc(-c2ccccc2C)cc1. The Kier molecular flexibility index (Phi) is 3.61. The van der Waals surface area contributed by atoms with Crippen LogP contribution < -0.4 is 4.74 Å². The van der Waals surface area contributed by atoms with Crippen molar-refractivity contribution in [2.24, 2.45) is 0 Å². The highest BCUT2D eigenvalue weighted by Gasteiger charge is 2.00. The van der Waals surface area contributed by atoms with Crippen molar-refractivity contribution in [2.75, 3.05) is 6.61 Å². The first-order valence-corrected chi connectivity index (χ1v) is 5.71. The molecule has 0 aromatic heterocycles. The minimum Gasteiger partial charge on any atom is -0.490 e. The lowest BCUT2D eigenvalue weighted by atomic mass is 10.0. The molecule has 0 unspecified atom stereocenters. The van der Waals surface area contributed by atoms with Crippen LogP contribution in [0.1, 0.15) is 5.56 Å². The van der Waals surface area contributed by atoms with Crippen LogP contribution in [0.5, 0.6) is 5.75 Å². The zero-order valence-electron chi connectivity index (χ0n) is 10.0. The third-order valence-corrected chi connectivity index (χ3v) is 2.68. The molecule has 86 valence electrons. The second kappa shape index (κ2) is 5.35. The molecule has 0 fully saturated rings. The Hall–Kier alpha value is -2.02. The Morgan fingerprint density at radius 3 is 2.41 bits per heavy atom. The summed E-state index contributed by atoms with van der Waals surface area (Å²) in [5.74, 6) is 0.877. The molecule has 1 nitrogen and oxygen atoms in total. The molecule has 0 spiro atoms. The van der Waals surface area contributed by atoms with Gasteiger partial charge in [-0.25, -0.2) is 0 Å². The van der Waals surface area contributed by atoms with E-state index in [0.717, 1.165) is 5.75 Å². The first-order chi connectivity index (χ1) is 8.31. The lowest BCUT2D eigenvalue weighted by Gasteiger charge is -2.07. The second-order valence-corrected chi connectivity index (χ2v) is 3.94. The van der Waals surface area contributed by atoms with Crippen LogP contribution in [0.15, 0.2) is 61.2 Å². The van der Waals surface area contributed by atoms with Gasteiger partial charge in [-0.2, -0.15) is 0 Å². The third kappa shape index (κ3) is 2.76. The van der Waals surface area contributed by atoms with Gasteiger partial charge in [-0.1, -0.05) is 49.1 Å². The number of rotatable bonds is 4. The van der Waals surface area contributed by atoms with Crippen LogP contribution in [-0.4, -0.2) is 6.61 Å². The Balaban J connectivity index is 2.23. The van der Waals surface area contributed by atoms with Gasteiger partial charge in [0.2, 0.25) is 0 Å². The van der Waals surface area contributed by atoms with Crippen LogP contribution in [-0.2, 0) is 0 Å².